The van der Waals surface area contributed by atoms with Gasteiger partial charge >= 0.3 is 0 Å². The van der Waals surface area contributed by atoms with Gasteiger partial charge in [-0.3, -0.25) is 0 Å². The Labute approximate surface area is 79.8 Å². The minimum atomic E-state index is -0.711. The summed E-state index contributed by atoms with van der Waals surface area (Å²) < 4.78 is 18.6. The first-order valence-corrected chi connectivity index (χ1v) is 5.12. The fourth-order valence-electron chi connectivity index (χ4n) is 1.84. The lowest BCUT2D eigenvalue weighted by atomic mass is 9.95. The summed E-state index contributed by atoms with van der Waals surface area (Å²) in [5, 5.41) is 3.20. The third kappa shape index (κ3) is 3.24. The molecular weight excluding hydrogens is 169 g/mol. The maximum absolute atomic E-state index is 13.7. The largest absolute Gasteiger partial charge is 0.385 e. The fourth-order valence-corrected chi connectivity index (χ4v) is 1.84. The zero-order valence-electron chi connectivity index (χ0n) is 8.55. The molecule has 0 bridgehead atoms. The van der Waals surface area contributed by atoms with Crippen LogP contribution in [0.4, 0.5) is 4.39 Å². The lowest BCUT2D eigenvalue weighted by Crippen LogP contribution is -2.36. The molecule has 1 N–H and O–H groups in total. The van der Waals surface area contributed by atoms with Crippen LogP contribution in [-0.4, -0.2) is 32.5 Å². The van der Waals surface area contributed by atoms with Crippen molar-refractivity contribution >= 4 is 0 Å². The van der Waals surface area contributed by atoms with Crippen molar-refractivity contribution in [1.29, 1.82) is 0 Å². The molecule has 0 saturated carbocycles. The molecule has 0 aromatic carbocycles. The first-order valence-electron chi connectivity index (χ1n) is 5.12. The van der Waals surface area contributed by atoms with Crippen molar-refractivity contribution in [3.05, 3.63) is 0 Å². The van der Waals surface area contributed by atoms with Crippen LogP contribution in [0.15, 0.2) is 0 Å². The van der Waals surface area contributed by atoms with E-state index in [1.807, 2.05) is 6.92 Å². The Morgan fingerprint density at radius 3 is 2.92 bits per heavy atom. The van der Waals surface area contributed by atoms with Crippen LogP contribution < -0.4 is 5.32 Å². The van der Waals surface area contributed by atoms with Crippen molar-refractivity contribution in [2.24, 2.45) is 5.92 Å². The predicted octanol–water partition coefficient (Wildman–Crippen LogP) is 1.75. The molecule has 3 heteroatoms. The van der Waals surface area contributed by atoms with E-state index in [0.29, 0.717) is 6.61 Å². The Kier molecular flexibility index (Phi) is 4.67. The molecule has 1 fully saturated rings. The van der Waals surface area contributed by atoms with E-state index in [1.165, 1.54) is 0 Å². The quantitative estimate of drug-likeness (QED) is 0.711. The third-order valence-electron chi connectivity index (χ3n) is 2.80. The second-order valence-corrected chi connectivity index (χ2v) is 3.91. The van der Waals surface area contributed by atoms with Gasteiger partial charge in [-0.05, 0) is 31.7 Å². The highest BCUT2D eigenvalue weighted by atomic mass is 19.1. The van der Waals surface area contributed by atoms with Crippen LogP contribution in [0.5, 0.6) is 0 Å². The van der Waals surface area contributed by atoms with Crippen LogP contribution in [-0.2, 0) is 4.74 Å². The Morgan fingerprint density at radius 2 is 2.38 bits per heavy atom. The fraction of sp³-hybridized carbons (Fsp3) is 1.00. The van der Waals surface area contributed by atoms with Gasteiger partial charge in [-0.25, -0.2) is 4.39 Å². The number of rotatable bonds is 5. The highest BCUT2D eigenvalue weighted by molar-refractivity contribution is 4.84. The molecule has 3 atom stereocenters. The molecule has 2 nitrogen and oxygen atoms in total. The minimum absolute atomic E-state index is 0.0897. The van der Waals surface area contributed by atoms with Gasteiger partial charge in [-0.1, -0.05) is 6.92 Å². The second kappa shape index (κ2) is 5.55. The average Bonchev–Trinajstić information content (AvgIpc) is 2.65. The summed E-state index contributed by atoms with van der Waals surface area (Å²) in [6, 6.07) is 0.0897. The Bertz CT molecular complexity index is 137. The van der Waals surface area contributed by atoms with Crippen molar-refractivity contribution in [3.8, 4) is 0 Å². The normalized spacial score (nSPS) is 27.5. The van der Waals surface area contributed by atoms with Gasteiger partial charge in [0.1, 0.15) is 6.17 Å². The van der Waals surface area contributed by atoms with Crippen LogP contribution in [0.2, 0.25) is 0 Å². The third-order valence-corrected chi connectivity index (χ3v) is 2.80. The van der Waals surface area contributed by atoms with E-state index in [2.05, 4.69) is 5.32 Å². The van der Waals surface area contributed by atoms with Crippen molar-refractivity contribution < 1.29 is 9.13 Å². The topological polar surface area (TPSA) is 21.3 Å². The van der Waals surface area contributed by atoms with Gasteiger partial charge in [0.25, 0.3) is 0 Å². The molecule has 0 spiro atoms. The van der Waals surface area contributed by atoms with Gasteiger partial charge in [0.15, 0.2) is 0 Å². The average molecular weight is 189 g/mol. The van der Waals surface area contributed by atoms with Gasteiger partial charge in [0.2, 0.25) is 0 Å². The van der Waals surface area contributed by atoms with Crippen LogP contribution in [0.25, 0.3) is 0 Å². The molecule has 1 saturated heterocycles. The first-order chi connectivity index (χ1) is 6.25. The molecular formula is C10H20FNO. The number of ether oxygens (including phenoxy) is 1. The number of methoxy groups -OCH3 is 1. The summed E-state index contributed by atoms with van der Waals surface area (Å²) in [7, 11) is 1.66. The lowest BCUT2D eigenvalue weighted by molar-refractivity contribution is 0.131. The smallest absolute Gasteiger partial charge is 0.118 e. The minimum Gasteiger partial charge on any atom is -0.385 e. The molecule has 78 valence electrons. The van der Waals surface area contributed by atoms with E-state index in [0.717, 1.165) is 25.8 Å². The molecule has 0 radical (unpaired) electrons. The van der Waals surface area contributed by atoms with Crippen molar-refractivity contribution in [2.45, 2.75) is 38.4 Å². The predicted molar refractivity (Wildman–Crippen MR) is 51.6 cm³/mol. The molecule has 1 aliphatic heterocycles. The van der Waals surface area contributed by atoms with E-state index in [1.54, 1.807) is 7.11 Å². The van der Waals surface area contributed by atoms with E-state index >= 15 is 0 Å². The van der Waals surface area contributed by atoms with Crippen LogP contribution in [0.3, 0.4) is 0 Å². The van der Waals surface area contributed by atoms with Gasteiger partial charge in [0, 0.05) is 19.8 Å². The van der Waals surface area contributed by atoms with E-state index in [-0.39, 0.29) is 12.0 Å². The van der Waals surface area contributed by atoms with Gasteiger partial charge in [0.05, 0.1) is 0 Å². The monoisotopic (exact) mass is 189 g/mol. The lowest BCUT2D eigenvalue weighted by Gasteiger charge is -2.22. The molecule has 0 aromatic heterocycles. The molecule has 13 heavy (non-hydrogen) atoms. The highest BCUT2D eigenvalue weighted by Crippen LogP contribution is 2.21. The molecule has 0 aliphatic carbocycles. The number of hydrogen-bond acceptors (Lipinski definition) is 2. The summed E-state index contributed by atoms with van der Waals surface area (Å²) in [5.41, 5.74) is 0. The van der Waals surface area contributed by atoms with Crippen molar-refractivity contribution in [3.63, 3.8) is 0 Å². The molecule has 0 aromatic rings. The number of hydrogen-bond donors (Lipinski definition) is 1. The van der Waals surface area contributed by atoms with Crippen LogP contribution >= 0.6 is 0 Å². The maximum atomic E-state index is 13.7. The Balaban J connectivity index is 2.23. The van der Waals surface area contributed by atoms with E-state index in [9.17, 15) is 4.39 Å². The van der Waals surface area contributed by atoms with E-state index in [4.69, 9.17) is 4.74 Å². The molecule has 1 rings (SSSR count). The van der Waals surface area contributed by atoms with Crippen LogP contribution in [0.1, 0.15) is 26.2 Å². The summed E-state index contributed by atoms with van der Waals surface area (Å²) in [6.07, 6.45) is 2.20. The van der Waals surface area contributed by atoms with Crippen molar-refractivity contribution in [1.82, 2.24) is 5.32 Å². The number of halogens is 1. The zero-order chi connectivity index (χ0) is 9.68. The second-order valence-electron chi connectivity index (χ2n) is 3.91. The summed E-state index contributed by atoms with van der Waals surface area (Å²) in [4.78, 5) is 0. The number of alkyl halides is 1. The summed E-state index contributed by atoms with van der Waals surface area (Å²) in [6.45, 7) is 3.60. The highest BCUT2D eigenvalue weighted by Gasteiger charge is 2.28. The first kappa shape index (κ1) is 10.9. The Morgan fingerprint density at radius 1 is 1.62 bits per heavy atom. The van der Waals surface area contributed by atoms with Gasteiger partial charge in [-0.15, -0.1) is 0 Å². The SMILES string of the molecule is COCCC(C)C(F)C1CCCN1. The molecule has 0 amide bonds. The van der Waals surface area contributed by atoms with Crippen LogP contribution in [0, 0.1) is 5.92 Å². The van der Waals surface area contributed by atoms with E-state index < -0.39 is 6.17 Å². The van der Waals surface area contributed by atoms with Gasteiger partial charge < -0.3 is 10.1 Å². The molecule has 1 heterocycles. The number of nitrogens with one attached hydrogen (secondary N) is 1. The maximum Gasteiger partial charge on any atom is 0.118 e. The molecule has 3 unspecified atom stereocenters. The van der Waals surface area contributed by atoms with Crippen molar-refractivity contribution in [2.75, 3.05) is 20.3 Å². The summed E-state index contributed by atoms with van der Waals surface area (Å²) >= 11 is 0. The standard InChI is InChI=1S/C10H20FNO/c1-8(5-7-13-2)10(11)9-4-3-6-12-9/h8-10,12H,3-7H2,1-2H3. The zero-order valence-corrected chi connectivity index (χ0v) is 8.55. The van der Waals surface area contributed by atoms with Gasteiger partial charge in [-0.2, -0.15) is 0 Å². The molecule has 1 aliphatic rings. The Hall–Kier alpha value is -0.150. The summed E-state index contributed by atoms with van der Waals surface area (Å²) in [5.74, 6) is 0.107.